The van der Waals surface area contributed by atoms with E-state index in [0.29, 0.717) is 0 Å². The van der Waals surface area contributed by atoms with Gasteiger partial charge in [0.15, 0.2) is 6.10 Å². The van der Waals surface area contributed by atoms with Crippen molar-refractivity contribution in [3.63, 3.8) is 0 Å². The molecule has 2 rings (SSSR count). The quantitative estimate of drug-likeness (QED) is 0.614. The van der Waals surface area contributed by atoms with Gasteiger partial charge in [-0.2, -0.15) is 8.42 Å². The molecule has 9 nitrogen and oxygen atoms in total. The fourth-order valence-electron chi connectivity index (χ4n) is 1.41. The first kappa shape index (κ1) is 13.8. The fraction of sp³-hybridized carbons (Fsp3) is 0.857. The summed E-state index contributed by atoms with van der Waals surface area (Å²) in [6.07, 6.45) is -3.58. The summed E-state index contributed by atoms with van der Waals surface area (Å²) in [5.74, 6) is 0. The Bertz CT molecular complexity index is 346. The fourth-order valence-corrected chi connectivity index (χ4v) is 2.74. The molecule has 0 N–H and O–H groups in total. The molecule has 2 saturated heterocycles. The number of hydrogen-bond acceptors (Lipinski definition) is 9. The van der Waals surface area contributed by atoms with Crippen LogP contribution in [0.5, 0.6) is 0 Å². The summed E-state index contributed by atoms with van der Waals surface area (Å²) in [4.78, 5) is 11.1. The first-order valence-corrected chi connectivity index (χ1v) is 6.79. The smallest absolute Gasteiger partial charge is 0.438 e. The summed E-state index contributed by atoms with van der Waals surface area (Å²) < 4.78 is 50.4. The third-order valence-electron chi connectivity index (χ3n) is 2.19. The average molecular weight is 302 g/mol. The standard InChI is InChI=1S/C7H10O9S2/c1-11-7(8)14-6(4-2-12-17(9)15-4)5-3-13-18(10)16-5/h4-6H,2-3H2,1H3. The number of carbonyl (C=O) groups is 1. The summed E-state index contributed by atoms with van der Waals surface area (Å²) in [5, 5.41) is 0. The number of hydrogen-bond donors (Lipinski definition) is 0. The molecule has 2 fully saturated rings. The van der Waals surface area contributed by atoms with Crippen LogP contribution in [0.25, 0.3) is 0 Å². The van der Waals surface area contributed by atoms with Gasteiger partial charge in [0.2, 0.25) is 0 Å². The van der Waals surface area contributed by atoms with Crippen LogP contribution in [0.1, 0.15) is 0 Å². The topological polar surface area (TPSA) is 107 Å². The van der Waals surface area contributed by atoms with E-state index in [9.17, 15) is 13.2 Å². The van der Waals surface area contributed by atoms with E-state index in [1.165, 1.54) is 0 Å². The van der Waals surface area contributed by atoms with Gasteiger partial charge in [0, 0.05) is 0 Å². The molecule has 4 atom stereocenters. The van der Waals surface area contributed by atoms with E-state index < -0.39 is 47.2 Å². The molecule has 2 aliphatic heterocycles. The Kier molecular flexibility index (Phi) is 4.64. The van der Waals surface area contributed by atoms with Gasteiger partial charge < -0.3 is 9.47 Å². The summed E-state index contributed by atoms with van der Waals surface area (Å²) in [5.41, 5.74) is 0. The lowest BCUT2D eigenvalue weighted by Crippen LogP contribution is -2.43. The predicted molar refractivity (Wildman–Crippen MR) is 55.2 cm³/mol. The first-order valence-electron chi connectivity index (χ1n) is 4.79. The Labute approximate surface area is 107 Å². The van der Waals surface area contributed by atoms with Gasteiger partial charge in [0.25, 0.3) is 0 Å². The second kappa shape index (κ2) is 6.04. The summed E-state index contributed by atoms with van der Waals surface area (Å²) in [6, 6.07) is 0. The lowest BCUT2D eigenvalue weighted by molar-refractivity contribution is -0.0542. The Balaban J connectivity index is 2.04. The van der Waals surface area contributed by atoms with Crippen molar-refractivity contribution in [2.75, 3.05) is 20.3 Å². The molecule has 11 heteroatoms. The molecule has 0 aromatic carbocycles. The number of ether oxygens (including phenoxy) is 2. The van der Waals surface area contributed by atoms with Crippen molar-refractivity contribution in [1.82, 2.24) is 0 Å². The molecule has 2 heterocycles. The van der Waals surface area contributed by atoms with Crippen molar-refractivity contribution in [3.8, 4) is 0 Å². The molecule has 18 heavy (non-hydrogen) atoms. The Morgan fingerprint density at radius 3 is 2.00 bits per heavy atom. The number of carbonyl (C=O) groups excluding carboxylic acids is 1. The zero-order valence-electron chi connectivity index (χ0n) is 9.14. The van der Waals surface area contributed by atoms with E-state index in [1.54, 1.807) is 0 Å². The molecular formula is C7H10O9S2. The Morgan fingerprint density at radius 2 is 1.67 bits per heavy atom. The third kappa shape index (κ3) is 3.24. The molecule has 0 aromatic rings. The number of methoxy groups -OCH3 is 1. The first-order chi connectivity index (χ1) is 8.60. The van der Waals surface area contributed by atoms with Crippen molar-refractivity contribution < 1.29 is 39.4 Å². The van der Waals surface area contributed by atoms with Crippen molar-refractivity contribution in [3.05, 3.63) is 0 Å². The lowest BCUT2D eigenvalue weighted by Gasteiger charge is -2.23. The second-order valence-electron chi connectivity index (χ2n) is 3.28. The predicted octanol–water partition coefficient (Wildman–Crippen LogP) is -0.874. The van der Waals surface area contributed by atoms with Crippen LogP contribution in [0, 0.1) is 0 Å². The van der Waals surface area contributed by atoms with Crippen molar-refractivity contribution >= 4 is 28.9 Å². The molecule has 0 amide bonds. The summed E-state index contributed by atoms with van der Waals surface area (Å²) >= 11 is -3.81. The van der Waals surface area contributed by atoms with E-state index in [2.05, 4.69) is 4.74 Å². The van der Waals surface area contributed by atoms with E-state index in [4.69, 9.17) is 21.5 Å². The molecule has 0 spiro atoms. The van der Waals surface area contributed by atoms with Crippen LogP contribution in [-0.4, -0.2) is 53.2 Å². The minimum absolute atomic E-state index is 0.0548. The highest BCUT2D eigenvalue weighted by molar-refractivity contribution is 7.75. The van der Waals surface area contributed by atoms with Crippen molar-refractivity contribution in [2.24, 2.45) is 0 Å². The molecule has 0 radical (unpaired) electrons. The van der Waals surface area contributed by atoms with Crippen LogP contribution in [-0.2, 0) is 48.9 Å². The van der Waals surface area contributed by atoms with Gasteiger partial charge in [-0.15, -0.1) is 0 Å². The normalized spacial score (nSPS) is 37.4. The zero-order chi connectivity index (χ0) is 13.1. The summed E-state index contributed by atoms with van der Waals surface area (Å²) in [6.45, 7) is -0.110. The largest absolute Gasteiger partial charge is 0.508 e. The van der Waals surface area contributed by atoms with Gasteiger partial charge in [-0.05, 0) is 0 Å². The van der Waals surface area contributed by atoms with Crippen molar-refractivity contribution in [1.29, 1.82) is 0 Å². The monoisotopic (exact) mass is 302 g/mol. The minimum Gasteiger partial charge on any atom is -0.438 e. The molecule has 0 aromatic heterocycles. The van der Waals surface area contributed by atoms with E-state index >= 15 is 0 Å². The molecule has 2 aliphatic rings. The minimum atomic E-state index is -1.90. The lowest BCUT2D eigenvalue weighted by atomic mass is 10.1. The van der Waals surface area contributed by atoms with Crippen molar-refractivity contribution in [2.45, 2.75) is 18.3 Å². The van der Waals surface area contributed by atoms with Gasteiger partial charge in [0.1, 0.15) is 12.2 Å². The maximum absolute atomic E-state index is 11.1. The van der Waals surface area contributed by atoms with E-state index in [1.807, 2.05) is 0 Å². The Morgan fingerprint density at radius 1 is 1.17 bits per heavy atom. The second-order valence-corrected chi connectivity index (χ2v) is 4.96. The third-order valence-corrected chi connectivity index (χ3v) is 3.66. The van der Waals surface area contributed by atoms with Gasteiger partial charge in [-0.3, -0.25) is 16.7 Å². The van der Waals surface area contributed by atoms with Gasteiger partial charge >= 0.3 is 28.9 Å². The highest BCUT2D eigenvalue weighted by Crippen LogP contribution is 2.23. The van der Waals surface area contributed by atoms with Crippen LogP contribution < -0.4 is 0 Å². The molecule has 0 saturated carbocycles. The van der Waals surface area contributed by atoms with Gasteiger partial charge in [0.05, 0.1) is 20.3 Å². The molecule has 0 bridgehead atoms. The molecule has 0 aliphatic carbocycles. The van der Waals surface area contributed by atoms with Crippen LogP contribution in [0.15, 0.2) is 0 Å². The number of rotatable bonds is 3. The van der Waals surface area contributed by atoms with Crippen LogP contribution in [0.3, 0.4) is 0 Å². The van der Waals surface area contributed by atoms with Crippen LogP contribution in [0.2, 0.25) is 0 Å². The maximum atomic E-state index is 11.1. The maximum Gasteiger partial charge on any atom is 0.508 e. The zero-order valence-corrected chi connectivity index (χ0v) is 10.8. The van der Waals surface area contributed by atoms with Gasteiger partial charge in [-0.1, -0.05) is 0 Å². The van der Waals surface area contributed by atoms with Crippen LogP contribution >= 0.6 is 0 Å². The van der Waals surface area contributed by atoms with Crippen LogP contribution in [0.4, 0.5) is 4.79 Å². The molecule has 4 unspecified atom stereocenters. The van der Waals surface area contributed by atoms with Gasteiger partial charge in [-0.25, -0.2) is 4.79 Å². The highest BCUT2D eigenvalue weighted by atomic mass is 32.2. The average Bonchev–Trinajstić information content (AvgIpc) is 2.95. The SMILES string of the molecule is COC(=O)OC(C1COS(=O)O1)C1COS(=O)O1. The highest BCUT2D eigenvalue weighted by Gasteiger charge is 2.44. The van der Waals surface area contributed by atoms with E-state index in [-0.39, 0.29) is 13.2 Å². The van der Waals surface area contributed by atoms with E-state index in [0.717, 1.165) is 7.11 Å². The summed E-state index contributed by atoms with van der Waals surface area (Å²) in [7, 11) is 1.13. The molecule has 104 valence electrons. The molecular weight excluding hydrogens is 292 g/mol. The Hall–Kier alpha value is -0.590.